The van der Waals surface area contributed by atoms with Gasteiger partial charge in [0.2, 0.25) is 0 Å². The van der Waals surface area contributed by atoms with Crippen molar-refractivity contribution in [3.63, 3.8) is 0 Å². The minimum atomic E-state index is -0.659. The van der Waals surface area contributed by atoms with E-state index < -0.39 is 12.0 Å². The Hall–Kier alpha value is -5.53. The summed E-state index contributed by atoms with van der Waals surface area (Å²) in [5.74, 6) is -0.465. The fraction of sp³-hybridized carbons (Fsp3) is 0.146. The lowest BCUT2D eigenvalue weighted by atomic mass is 9.95. The summed E-state index contributed by atoms with van der Waals surface area (Å²) in [6, 6.07) is 38.5. The summed E-state index contributed by atoms with van der Waals surface area (Å²) in [5.41, 5.74) is 9.80. The van der Waals surface area contributed by atoms with Crippen LogP contribution in [0.2, 0.25) is 0 Å². The van der Waals surface area contributed by atoms with E-state index in [2.05, 4.69) is 66.1 Å². The number of carbonyl (C=O) groups is 1. The summed E-state index contributed by atoms with van der Waals surface area (Å²) in [6.07, 6.45) is 1.97. The summed E-state index contributed by atoms with van der Waals surface area (Å²) in [7, 11) is 0. The summed E-state index contributed by atoms with van der Waals surface area (Å²) in [6.45, 7) is 7.91. The van der Waals surface area contributed by atoms with Crippen molar-refractivity contribution in [3.8, 4) is 28.2 Å². The molecule has 0 aliphatic carbocycles. The van der Waals surface area contributed by atoms with Crippen molar-refractivity contribution in [2.45, 2.75) is 33.7 Å². The van der Waals surface area contributed by atoms with Gasteiger partial charge < -0.3 is 9.30 Å². The number of benzene rings is 4. The van der Waals surface area contributed by atoms with Gasteiger partial charge in [0.05, 0.1) is 39.8 Å². The van der Waals surface area contributed by atoms with E-state index in [1.807, 2.05) is 80.6 Å². The fourth-order valence-electron chi connectivity index (χ4n) is 6.31. The number of carbonyl (C=O) groups excluding carboxylic acids is 1. The van der Waals surface area contributed by atoms with Crippen molar-refractivity contribution in [1.29, 1.82) is 0 Å². The molecule has 0 bridgehead atoms. The molecule has 0 spiro atoms. The number of allylic oxidation sites excluding steroid dienone is 1. The van der Waals surface area contributed by atoms with Crippen LogP contribution in [0.15, 0.2) is 136 Å². The summed E-state index contributed by atoms with van der Waals surface area (Å²) >= 11 is 1.33. The Bertz CT molecular complexity index is 2350. The molecule has 1 aliphatic heterocycles. The first-order chi connectivity index (χ1) is 23.3. The van der Waals surface area contributed by atoms with Gasteiger partial charge in [-0.2, -0.15) is 0 Å². The Labute approximate surface area is 283 Å². The molecule has 1 atom stereocenters. The molecule has 2 aromatic heterocycles. The van der Waals surface area contributed by atoms with Gasteiger partial charge in [-0.25, -0.2) is 9.79 Å². The van der Waals surface area contributed by atoms with Crippen molar-refractivity contribution in [2.24, 2.45) is 4.99 Å². The SMILES string of the molecule is CCOC(=O)C1=C(C)N=c2s/c(=C\c3cc(-c4ccccc4)n(-c4ccc(C)cc4)c3-c3ccccc3)c(=O)n2[C@@H]1c1ccc(C)cc1. The van der Waals surface area contributed by atoms with Gasteiger partial charge in [-0.05, 0) is 68.7 Å². The molecule has 0 amide bonds. The second-order valence-corrected chi connectivity index (χ2v) is 13.0. The Morgan fingerprint density at radius 2 is 1.44 bits per heavy atom. The lowest BCUT2D eigenvalue weighted by molar-refractivity contribution is -0.139. The highest BCUT2D eigenvalue weighted by molar-refractivity contribution is 7.07. The van der Waals surface area contributed by atoms with Crippen LogP contribution in [0.1, 0.15) is 42.1 Å². The fourth-order valence-corrected chi connectivity index (χ4v) is 7.35. The van der Waals surface area contributed by atoms with Crippen LogP contribution in [0.25, 0.3) is 34.3 Å². The first kappa shape index (κ1) is 31.1. The Morgan fingerprint density at radius 3 is 2.06 bits per heavy atom. The number of fused-ring (bicyclic) bond motifs is 1. The van der Waals surface area contributed by atoms with Crippen molar-refractivity contribution in [2.75, 3.05) is 6.61 Å². The minimum absolute atomic E-state index is 0.206. The van der Waals surface area contributed by atoms with Crippen molar-refractivity contribution in [3.05, 3.63) is 168 Å². The highest BCUT2D eigenvalue weighted by Gasteiger charge is 2.33. The van der Waals surface area contributed by atoms with Crippen LogP contribution in [-0.2, 0) is 9.53 Å². The Kier molecular flexibility index (Phi) is 8.38. The zero-order valence-corrected chi connectivity index (χ0v) is 28.1. The first-order valence-electron chi connectivity index (χ1n) is 16.0. The third kappa shape index (κ3) is 5.67. The number of hydrogen-bond donors (Lipinski definition) is 0. The van der Waals surface area contributed by atoms with E-state index in [0.717, 1.165) is 44.9 Å². The number of esters is 1. The number of thiazole rings is 1. The number of ether oxygens (including phenoxy) is 1. The van der Waals surface area contributed by atoms with Gasteiger partial charge in [0, 0.05) is 11.3 Å². The van der Waals surface area contributed by atoms with E-state index >= 15 is 0 Å². The van der Waals surface area contributed by atoms with Crippen LogP contribution in [-0.4, -0.2) is 21.7 Å². The summed E-state index contributed by atoms with van der Waals surface area (Å²) in [5, 5.41) is 0. The zero-order valence-electron chi connectivity index (χ0n) is 27.3. The summed E-state index contributed by atoms with van der Waals surface area (Å²) < 4.78 is 9.93. The van der Waals surface area contributed by atoms with Gasteiger partial charge in [0.15, 0.2) is 4.80 Å². The maximum atomic E-state index is 14.5. The number of hydrogen-bond acceptors (Lipinski definition) is 5. The number of nitrogens with zero attached hydrogens (tertiary/aromatic N) is 3. The van der Waals surface area contributed by atoms with Gasteiger partial charge in [0.1, 0.15) is 0 Å². The second kappa shape index (κ2) is 12.9. The molecule has 6 nitrogen and oxygen atoms in total. The molecule has 1 aliphatic rings. The van der Waals surface area contributed by atoms with E-state index in [1.54, 1.807) is 11.5 Å². The second-order valence-electron chi connectivity index (χ2n) is 11.9. The average molecular weight is 650 g/mol. The predicted octanol–water partition coefficient (Wildman–Crippen LogP) is 7.54. The van der Waals surface area contributed by atoms with Crippen LogP contribution < -0.4 is 14.9 Å². The van der Waals surface area contributed by atoms with E-state index in [9.17, 15) is 9.59 Å². The zero-order chi connectivity index (χ0) is 33.4. The van der Waals surface area contributed by atoms with E-state index in [-0.39, 0.29) is 12.2 Å². The topological polar surface area (TPSA) is 65.6 Å². The van der Waals surface area contributed by atoms with Crippen LogP contribution >= 0.6 is 11.3 Å². The van der Waals surface area contributed by atoms with Crippen LogP contribution in [0.4, 0.5) is 0 Å². The highest BCUT2D eigenvalue weighted by atomic mass is 32.1. The molecule has 0 unspecified atom stereocenters. The molecule has 7 rings (SSSR count). The molecule has 0 saturated heterocycles. The molecule has 48 heavy (non-hydrogen) atoms. The molecule has 0 radical (unpaired) electrons. The molecule has 0 fully saturated rings. The van der Waals surface area contributed by atoms with E-state index in [1.165, 1.54) is 16.9 Å². The number of aryl methyl sites for hydroxylation is 2. The van der Waals surface area contributed by atoms with Crippen LogP contribution in [0.3, 0.4) is 0 Å². The maximum absolute atomic E-state index is 14.5. The monoisotopic (exact) mass is 649 g/mol. The van der Waals surface area contributed by atoms with Crippen LogP contribution in [0, 0.1) is 13.8 Å². The molecular formula is C41H35N3O3S. The van der Waals surface area contributed by atoms with Gasteiger partial charge in [-0.3, -0.25) is 9.36 Å². The highest BCUT2D eigenvalue weighted by Crippen LogP contribution is 2.37. The molecule has 238 valence electrons. The average Bonchev–Trinajstić information content (AvgIpc) is 3.62. The third-order valence-corrected chi connectivity index (χ3v) is 9.62. The standard InChI is InChI=1S/C41H35N3O3S/c1-5-47-40(46)36-28(4)42-41-44(38(36)31-20-16-26(2)17-21-31)39(45)35(48-41)25-32-24-34(29-12-8-6-9-13-29)43(33-22-18-27(3)19-23-33)37(32)30-14-10-7-11-15-30/h6-25,38H,5H2,1-4H3/b35-25-/t38-/m1/s1. The number of rotatable bonds is 7. The van der Waals surface area contributed by atoms with E-state index in [0.29, 0.717) is 20.6 Å². The van der Waals surface area contributed by atoms with Crippen molar-refractivity contribution >= 4 is 23.4 Å². The van der Waals surface area contributed by atoms with Gasteiger partial charge in [-0.1, -0.05) is 120 Å². The Morgan fingerprint density at radius 1 is 0.833 bits per heavy atom. The number of aromatic nitrogens is 2. The normalized spacial score (nSPS) is 14.5. The van der Waals surface area contributed by atoms with Crippen LogP contribution in [0.5, 0.6) is 0 Å². The Balaban J connectivity index is 1.51. The molecule has 3 heterocycles. The summed E-state index contributed by atoms with van der Waals surface area (Å²) in [4.78, 5) is 33.2. The van der Waals surface area contributed by atoms with Crippen molar-refractivity contribution < 1.29 is 9.53 Å². The van der Waals surface area contributed by atoms with E-state index in [4.69, 9.17) is 9.73 Å². The molecular weight excluding hydrogens is 615 g/mol. The molecule has 0 N–H and O–H groups in total. The molecule has 6 aromatic rings. The predicted molar refractivity (Wildman–Crippen MR) is 193 cm³/mol. The lowest BCUT2D eigenvalue weighted by Crippen LogP contribution is -2.39. The smallest absolute Gasteiger partial charge is 0.338 e. The lowest BCUT2D eigenvalue weighted by Gasteiger charge is -2.24. The minimum Gasteiger partial charge on any atom is -0.463 e. The maximum Gasteiger partial charge on any atom is 0.338 e. The van der Waals surface area contributed by atoms with Gasteiger partial charge in [0.25, 0.3) is 5.56 Å². The molecule has 7 heteroatoms. The van der Waals surface area contributed by atoms with Gasteiger partial charge >= 0.3 is 5.97 Å². The quantitative estimate of drug-likeness (QED) is 0.168. The molecule has 0 saturated carbocycles. The first-order valence-corrected chi connectivity index (χ1v) is 16.9. The van der Waals surface area contributed by atoms with Crippen molar-refractivity contribution in [1.82, 2.24) is 9.13 Å². The molecule has 4 aromatic carbocycles. The van der Waals surface area contributed by atoms with Gasteiger partial charge in [-0.15, -0.1) is 0 Å². The largest absolute Gasteiger partial charge is 0.463 e. The third-order valence-electron chi connectivity index (χ3n) is 8.64.